The third-order valence-corrected chi connectivity index (χ3v) is 2.70. The summed E-state index contributed by atoms with van der Waals surface area (Å²) in [6, 6.07) is 3.79. The van der Waals surface area contributed by atoms with Crippen LogP contribution in [-0.4, -0.2) is 4.98 Å². The van der Waals surface area contributed by atoms with Crippen LogP contribution in [0.25, 0.3) is 0 Å². The second kappa shape index (κ2) is 6.83. The molecule has 1 nitrogen and oxygen atoms in total. The van der Waals surface area contributed by atoms with Gasteiger partial charge in [-0.05, 0) is 25.0 Å². The Kier molecular flexibility index (Phi) is 5.62. The third-order valence-electron chi connectivity index (χ3n) is 2.35. The van der Waals surface area contributed by atoms with Gasteiger partial charge in [-0.25, -0.2) is 0 Å². The first kappa shape index (κ1) is 11.5. The van der Waals surface area contributed by atoms with E-state index in [0.717, 1.165) is 17.1 Å². The number of hydrogen-bond donors (Lipinski definition) is 0. The van der Waals surface area contributed by atoms with Gasteiger partial charge < -0.3 is 0 Å². The molecule has 0 aliphatic carbocycles. The highest BCUT2D eigenvalue weighted by Crippen LogP contribution is 2.15. The van der Waals surface area contributed by atoms with Crippen LogP contribution in [-0.2, 0) is 6.42 Å². The maximum atomic E-state index is 6.00. The molecule has 0 fully saturated rings. The van der Waals surface area contributed by atoms with Gasteiger partial charge in [0.15, 0.2) is 0 Å². The van der Waals surface area contributed by atoms with Gasteiger partial charge in [-0.15, -0.1) is 0 Å². The quantitative estimate of drug-likeness (QED) is 0.642. The van der Waals surface area contributed by atoms with Gasteiger partial charge in [0.05, 0.1) is 10.7 Å². The van der Waals surface area contributed by atoms with Crippen molar-refractivity contribution in [1.29, 1.82) is 0 Å². The van der Waals surface area contributed by atoms with E-state index >= 15 is 0 Å². The fourth-order valence-corrected chi connectivity index (χ4v) is 1.71. The molecule has 1 aromatic heterocycles. The molecule has 0 radical (unpaired) electrons. The van der Waals surface area contributed by atoms with Crippen molar-refractivity contribution >= 4 is 11.6 Å². The molecule has 1 rings (SSSR count). The van der Waals surface area contributed by atoms with Crippen LogP contribution in [0.1, 0.15) is 44.7 Å². The Morgan fingerprint density at radius 3 is 2.71 bits per heavy atom. The van der Waals surface area contributed by atoms with Gasteiger partial charge >= 0.3 is 0 Å². The first-order chi connectivity index (χ1) is 6.84. The van der Waals surface area contributed by atoms with Crippen LogP contribution in [0.2, 0.25) is 5.02 Å². The predicted molar refractivity (Wildman–Crippen MR) is 61.7 cm³/mol. The lowest BCUT2D eigenvalue weighted by Crippen LogP contribution is -1.91. The van der Waals surface area contributed by atoms with Crippen LogP contribution in [0.5, 0.6) is 0 Å². The minimum atomic E-state index is 0.808. The molecule has 0 aliphatic heterocycles. The molecule has 0 aliphatic rings. The first-order valence-electron chi connectivity index (χ1n) is 5.44. The van der Waals surface area contributed by atoms with Crippen molar-refractivity contribution in [2.24, 2.45) is 0 Å². The summed E-state index contributed by atoms with van der Waals surface area (Å²) in [5, 5.41) is 0.808. The van der Waals surface area contributed by atoms with Crippen LogP contribution in [0.4, 0.5) is 0 Å². The molecular weight excluding hydrogens is 194 g/mol. The zero-order chi connectivity index (χ0) is 10.2. The monoisotopic (exact) mass is 211 g/mol. The fourth-order valence-electron chi connectivity index (χ4n) is 1.50. The van der Waals surface area contributed by atoms with Gasteiger partial charge in [0, 0.05) is 6.20 Å². The number of pyridine rings is 1. The molecule has 0 unspecified atom stereocenters. The van der Waals surface area contributed by atoms with Crippen LogP contribution < -0.4 is 0 Å². The molecule has 0 saturated heterocycles. The summed E-state index contributed by atoms with van der Waals surface area (Å²) in [4.78, 5) is 4.26. The van der Waals surface area contributed by atoms with Gasteiger partial charge in [-0.3, -0.25) is 4.98 Å². The van der Waals surface area contributed by atoms with Crippen LogP contribution in [0, 0.1) is 0 Å². The topological polar surface area (TPSA) is 12.9 Å². The van der Waals surface area contributed by atoms with Crippen molar-refractivity contribution in [3.05, 3.63) is 29.0 Å². The van der Waals surface area contributed by atoms with Gasteiger partial charge in [0.1, 0.15) is 0 Å². The van der Waals surface area contributed by atoms with Crippen LogP contribution in [0.15, 0.2) is 18.3 Å². The number of nitrogens with zero attached hydrogens (tertiary/aromatic N) is 1. The molecule has 2 heteroatoms. The summed E-state index contributed by atoms with van der Waals surface area (Å²) in [6.07, 6.45) is 9.30. The van der Waals surface area contributed by atoms with E-state index in [0.29, 0.717) is 0 Å². The summed E-state index contributed by atoms with van der Waals surface area (Å²) in [5.41, 5.74) is 1.05. The summed E-state index contributed by atoms with van der Waals surface area (Å²) >= 11 is 6.00. The Hall–Kier alpha value is -0.560. The predicted octanol–water partition coefficient (Wildman–Crippen LogP) is 4.25. The number of aromatic nitrogens is 1. The van der Waals surface area contributed by atoms with Crippen molar-refractivity contribution in [3.8, 4) is 0 Å². The van der Waals surface area contributed by atoms with Crippen LogP contribution >= 0.6 is 11.6 Å². The standard InChI is InChI=1S/C12H18ClN/c1-2-3-4-5-6-9-12-11(13)8-7-10-14-12/h7-8,10H,2-6,9H2,1H3. The van der Waals surface area contributed by atoms with E-state index in [1.54, 1.807) is 0 Å². The number of halogens is 1. The Morgan fingerprint density at radius 2 is 2.00 bits per heavy atom. The lowest BCUT2D eigenvalue weighted by Gasteiger charge is -2.02. The number of hydrogen-bond acceptors (Lipinski definition) is 1. The van der Waals surface area contributed by atoms with E-state index in [1.165, 1.54) is 32.1 Å². The SMILES string of the molecule is CCCCCCCc1ncccc1Cl. The molecule has 0 spiro atoms. The maximum absolute atomic E-state index is 6.00. The van der Waals surface area contributed by atoms with Crippen molar-refractivity contribution in [1.82, 2.24) is 4.98 Å². The average Bonchev–Trinajstić information content (AvgIpc) is 2.20. The van der Waals surface area contributed by atoms with Gasteiger partial charge in [0.25, 0.3) is 0 Å². The van der Waals surface area contributed by atoms with E-state index in [1.807, 2.05) is 18.3 Å². The molecule has 0 atom stereocenters. The first-order valence-corrected chi connectivity index (χ1v) is 5.81. The lowest BCUT2D eigenvalue weighted by molar-refractivity contribution is 0.628. The summed E-state index contributed by atoms with van der Waals surface area (Å²) in [6.45, 7) is 2.23. The van der Waals surface area contributed by atoms with E-state index < -0.39 is 0 Å². The van der Waals surface area contributed by atoms with E-state index in [9.17, 15) is 0 Å². The van der Waals surface area contributed by atoms with E-state index in [4.69, 9.17) is 11.6 Å². The number of rotatable bonds is 6. The largest absolute Gasteiger partial charge is 0.260 e. The van der Waals surface area contributed by atoms with Gasteiger partial charge in [-0.2, -0.15) is 0 Å². The lowest BCUT2D eigenvalue weighted by atomic mass is 10.1. The van der Waals surface area contributed by atoms with Gasteiger partial charge in [-0.1, -0.05) is 44.2 Å². The van der Waals surface area contributed by atoms with E-state index in [-0.39, 0.29) is 0 Å². The maximum Gasteiger partial charge on any atom is 0.0621 e. The molecule has 0 aromatic carbocycles. The molecule has 0 N–H and O–H groups in total. The summed E-state index contributed by atoms with van der Waals surface area (Å²) < 4.78 is 0. The van der Waals surface area contributed by atoms with Crippen molar-refractivity contribution in [2.45, 2.75) is 45.4 Å². The normalized spacial score (nSPS) is 10.4. The minimum absolute atomic E-state index is 0.808. The van der Waals surface area contributed by atoms with Crippen molar-refractivity contribution < 1.29 is 0 Å². The summed E-state index contributed by atoms with van der Waals surface area (Å²) in [5.74, 6) is 0. The highest BCUT2D eigenvalue weighted by molar-refractivity contribution is 6.31. The molecule has 1 aromatic rings. The number of unbranched alkanes of at least 4 members (excludes halogenated alkanes) is 4. The summed E-state index contributed by atoms with van der Waals surface area (Å²) in [7, 11) is 0. The zero-order valence-electron chi connectivity index (χ0n) is 8.80. The highest BCUT2D eigenvalue weighted by Gasteiger charge is 1.99. The Balaban J connectivity index is 2.21. The van der Waals surface area contributed by atoms with Gasteiger partial charge in [0.2, 0.25) is 0 Å². The Bertz CT molecular complexity index is 260. The Labute approximate surface area is 91.5 Å². The molecular formula is C12H18ClN. The zero-order valence-corrected chi connectivity index (χ0v) is 9.56. The molecule has 14 heavy (non-hydrogen) atoms. The molecule has 0 amide bonds. The molecule has 78 valence electrons. The van der Waals surface area contributed by atoms with Crippen molar-refractivity contribution in [2.75, 3.05) is 0 Å². The number of aryl methyl sites for hydroxylation is 1. The second-order valence-electron chi connectivity index (χ2n) is 3.60. The van der Waals surface area contributed by atoms with E-state index in [2.05, 4.69) is 11.9 Å². The average molecular weight is 212 g/mol. The highest BCUT2D eigenvalue weighted by atomic mass is 35.5. The minimum Gasteiger partial charge on any atom is -0.260 e. The fraction of sp³-hybridized carbons (Fsp3) is 0.583. The van der Waals surface area contributed by atoms with Crippen molar-refractivity contribution in [3.63, 3.8) is 0 Å². The molecule has 0 saturated carbocycles. The smallest absolute Gasteiger partial charge is 0.0621 e. The molecule has 0 bridgehead atoms. The molecule has 1 heterocycles. The van der Waals surface area contributed by atoms with Crippen LogP contribution in [0.3, 0.4) is 0 Å². The third kappa shape index (κ3) is 4.10. The Morgan fingerprint density at radius 1 is 1.21 bits per heavy atom. The second-order valence-corrected chi connectivity index (χ2v) is 4.00.